The molecule has 0 amide bonds. The second-order valence-electron chi connectivity index (χ2n) is 5.61. The number of rotatable bonds is 16. The first kappa shape index (κ1) is 21.1. The third-order valence-electron chi connectivity index (χ3n) is 3.78. The van der Waals surface area contributed by atoms with E-state index in [-0.39, 0.29) is 6.29 Å². The molecule has 0 fully saturated rings. The summed E-state index contributed by atoms with van der Waals surface area (Å²) in [6.45, 7) is 0. The molecule has 0 aromatic heterocycles. The Morgan fingerprint density at radius 2 is 1.19 bits per heavy atom. The van der Waals surface area contributed by atoms with Crippen LogP contribution in [0, 0.1) is 0 Å². The molecule has 0 aromatic carbocycles. The van der Waals surface area contributed by atoms with Crippen molar-refractivity contribution in [2.45, 2.75) is 83.3 Å². The fourth-order valence-electron chi connectivity index (χ4n) is 2.44. The Morgan fingerprint density at radius 1 is 0.714 bits per heavy atom. The minimum Gasteiger partial charge on any atom is -0.356 e. The number of unbranched alkanes of at least 4 members (excludes halogenated alkanes) is 9. The number of allylic oxidation sites excluding steroid dienone is 2. The zero-order chi connectivity index (χ0) is 15.6. The van der Waals surface area contributed by atoms with Crippen molar-refractivity contribution in [2.75, 3.05) is 19.5 Å². The Labute approximate surface area is 140 Å². The van der Waals surface area contributed by atoms with Crippen LogP contribution in [0.5, 0.6) is 0 Å². The van der Waals surface area contributed by atoms with Gasteiger partial charge in [-0.15, -0.1) is 0 Å². The molecule has 126 valence electrons. The van der Waals surface area contributed by atoms with Crippen molar-refractivity contribution in [3.05, 3.63) is 12.2 Å². The van der Waals surface area contributed by atoms with E-state index in [1.807, 2.05) is 0 Å². The topological polar surface area (TPSA) is 18.5 Å². The number of hydrogen-bond acceptors (Lipinski definition) is 2. The minimum absolute atomic E-state index is 0.00595. The van der Waals surface area contributed by atoms with Crippen LogP contribution in [0.2, 0.25) is 0 Å². The third-order valence-corrected chi connectivity index (χ3v) is 4.24. The van der Waals surface area contributed by atoms with E-state index in [0.717, 1.165) is 18.2 Å². The first-order valence-corrected chi connectivity index (χ1v) is 9.73. The molecule has 0 saturated carbocycles. The summed E-state index contributed by atoms with van der Waals surface area (Å²) >= 11 is 3.43. The standard InChI is InChI=1S/C18H35BrO2/c1-20-18(21-2)16-14-12-10-8-6-4-3-5-7-9-11-13-15-17-19/h11,13,18H,3-10,12,14-17H2,1-2H3/b13-11+. The second kappa shape index (κ2) is 18.2. The van der Waals surface area contributed by atoms with Gasteiger partial charge in [0.15, 0.2) is 6.29 Å². The summed E-state index contributed by atoms with van der Waals surface area (Å²) in [4.78, 5) is 0. The Balaban J connectivity index is 3.09. The fourth-order valence-corrected chi connectivity index (χ4v) is 2.71. The Kier molecular flexibility index (Phi) is 18.3. The summed E-state index contributed by atoms with van der Waals surface area (Å²) in [6.07, 6.45) is 20.3. The van der Waals surface area contributed by atoms with Crippen LogP contribution in [0.25, 0.3) is 0 Å². The van der Waals surface area contributed by atoms with Gasteiger partial charge in [-0.3, -0.25) is 0 Å². The molecular weight excluding hydrogens is 328 g/mol. The summed E-state index contributed by atoms with van der Waals surface area (Å²) in [5, 5.41) is 1.08. The van der Waals surface area contributed by atoms with Gasteiger partial charge in [0, 0.05) is 19.5 Å². The Morgan fingerprint density at radius 3 is 1.71 bits per heavy atom. The number of ether oxygens (including phenoxy) is 2. The molecule has 0 spiro atoms. The molecule has 21 heavy (non-hydrogen) atoms. The summed E-state index contributed by atoms with van der Waals surface area (Å²) in [5.41, 5.74) is 0. The van der Waals surface area contributed by atoms with E-state index in [0.29, 0.717) is 0 Å². The highest BCUT2D eigenvalue weighted by Crippen LogP contribution is 2.13. The van der Waals surface area contributed by atoms with E-state index in [1.54, 1.807) is 14.2 Å². The van der Waals surface area contributed by atoms with Crippen molar-refractivity contribution in [2.24, 2.45) is 0 Å². The van der Waals surface area contributed by atoms with Crippen LogP contribution in [0.15, 0.2) is 12.2 Å². The molecule has 0 saturated heterocycles. The van der Waals surface area contributed by atoms with Crippen LogP contribution < -0.4 is 0 Å². The van der Waals surface area contributed by atoms with E-state index in [2.05, 4.69) is 28.1 Å². The molecular formula is C18H35BrO2. The highest BCUT2D eigenvalue weighted by molar-refractivity contribution is 9.09. The van der Waals surface area contributed by atoms with E-state index < -0.39 is 0 Å². The molecule has 0 radical (unpaired) electrons. The summed E-state index contributed by atoms with van der Waals surface area (Å²) in [6, 6.07) is 0. The number of halogens is 1. The monoisotopic (exact) mass is 362 g/mol. The molecule has 0 heterocycles. The predicted molar refractivity (Wildman–Crippen MR) is 96.1 cm³/mol. The average molecular weight is 363 g/mol. The van der Waals surface area contributed by atoms with Crippen molar-refractivity contribution in [1.29, 1.82) is 0 Å². The molecule has 0 rings (SSSR count). The highest BCUT2D eigenvalue weighted by Gasteiger charge is 2.03. The maximum atomic E-state index is 5.18. The van der Waals surface area contributed by atoms with Crippen molar-refractivity contribution in [1.82, 2.24) is 0 Å². The Hall–Kier alpha value is 0.140. The maximum Gasteiger partial charge on any atom is 0.156 e. The van der Waals surface area contributed by atoms with E-state index in [1.165, 1.54) is 64.2 Å². The molecule has 0 atom stereocenters. The molecule has 0 aliphatic heterocycles. The highest BCUT2D eigenvalue weighted by atomic mass is 79.9. The minimum atomic E-state index is -0.00595. The molecule has 3 heteroatoms. The fraction of sp³-hybridized carbons (Fsp3) is 0.889. The van der Waals surface area contributed by atoms with Crippen molar-refractivity contribution in [3.63, 3.8) is 0 Å². The predicted octanol–water partition coefficient (Wildman–Crippen LogP) is 6.24. The lowest BCUT2D eigenvalue weighted by atomic mass is 10.1. The molecule has 0 unspecified atom stereocenters. The van der Waals surface area contributed by atoms with Gasteiger partial charge in [-0.2, -0.15) is 0 Å². The third kappa shape index (κ3) is 16.3. The Bertz CT molecular complexity index is 215. The zero-order valence-corrected chi connectivity index (χ0v) is 15.7. The first-order valence-electron chi connectivity index (χ1n) is 8.61. The van der Waals surface area contributed by atoms with E-state index >= 15 is 0 Å². The zero-order valence-electron chi connectivity index (χ0n) is 14.1. The number of methoxy groups -OCH3 is 2. The van der Waals surface area contributed by atoms with Crippen LogP contribution in [0.1, 0.15) is 77.0 Å². The van der Waals surface area contributed by atoms with Crippen LogP contribution in [-0.2, 0) is 9.47 Å². The van der Waals surface area contributed by atoms with Gasteiger partial charge >= 0.3 is 0 Å². The lowest BCUT2D eigenvalue weighted by molar-refractivity contribution is -0.107. The van der Waals surface area contributed by atoms with Crippen LogP contribution >= 0.6 is 15.9 Å². The van der Waals surface area contributed by atoms with E-state index in [9.17, 15) is 0 Å². The lowest BCUT2D eigenvalue weighted by Crippen LogP contribution is -2.12. The van der Waals surface area contributed by atoms with Crippen LogP contribution in [0.3, 0.4) is 0 Å². The molecule has 0 bridgehead atoms. The normalized spacial score (nSPS) is 11.8. The summed E-state index contributed by atoms with van der Waals surface area (Å²) in [7, 11) is 3.43. The maximum absolute atomic E-state index is 5.18. The molecule has 0 aliphatic rings. The number of hydrogen-bond donors (Lipinski definition) is 0. The van der Waals surface area contributed by atoms with Gasteiger partial charge in [-0.05, 0) is 32.1 Å². The van der Waals surface area contributed by atoms with Gasteiger partial charge < -0.3 is 9.47 Å². The van der Waals surface area contributed by atoms with Gasteiger partial charge in [0.2, 0.25) is 0 Å². The van der Waals surface area contributed by atoms with Gasteiger partial charge in [0.05, 0.1) is 0 Å². The molecule has 0 N–H and O–H groups in total. The largest absolute Gasteiger partial charge is 0.356 e. The van der Waals surface area contributed by atoms with Gasteiger partial charge in [-0.1, -0.05) is 73.0 Å². The summed E-state index contributed by atoms with van der Waals surface area (Å²) < 4.78 is 10.4. The first-order chi connectivity index (χ1) is 10.3. The van der Waals surface area contributed by atoms with Crippen LogP contribution in [0.4, 0.5) is 0 Å². The SMILES string of the molecule is COC(CCCCCCCCCCC/C=C/CCBr)OC. The van der Waals surface area contributed by atoms with Crippen molar-refractivity contribution in [3.8, 4) is 0 Å². The van der Waals surface area contributed by atoms with Crippen molar-refractivity contribution >= 4 is 15.9 Å². The quantitative estimate of drug-likeness (QED) is 0.140. The molecule has 0 aliphatic carbocycles. The second-order valence-corrected chi connectivity index (χ2v) is 6.40. The smallest absolute Gasteiger partial charge is 0.156 e. The van der Waals surface area contributed by atoms with Gasteiger partial charge in [0.25, 0.3) is 0 Å². The average Bonchev–Trinajstić information content (AvgIpc) is 2.51. The van der Waals surface area contributed by atoms with Crippen molar-refractivity contribution < 1.29 is 9.47 Å². The van der Waals surface area contributed by atoms with Crippen LogP contribution in [-0.4, -0.2) is 25.8 Å². The van der Waals surface area contributed by atoms with Gasteiger partial charge in [-0.25, -0.2) is 0 Å². The lowest BCUT2D eigenvalue weighted by Gasteiger charge is -2.12. The van der Waals surface area contributed by atoms with E-state index in [4.69, 9.17) is 9.47 Å². The number of alkyl halides is 1. The summed E-state index contributed by atoms with van der Waals surface area (Å²) in [5.74, 6) is 0. The van der Waals surface area contributed by atoms with Gasteiger partial charge in [0.1, 0.15) is 0 Å². The molecule has 0 aromatic rings. The molecule has 2 nitrogen and oxygen atoms in total.